The molecule has 0 fully saturated rings. The molecule has 1 rings (SSSR count). The Morgan fingerprint density at radius 3 is 2.73 bits per heavy atom. The lowest BCUT2D eigenvalue weighted by molar-refractivity contribution is -0.161. The van der Waals surface area contributed by atoms with Crippen molar-refractivity contribution in [2.24, 2.45) is 0 Å². The van der Waals surface area contributed by atoms with Gasteiger partial charge in [-0.3, -0.25) is 0 Å². The lowest BCUT2D eigenvalue weighted by Crippen LogP contribution is -2.14. The third-order valence-electron chi connectivity index (χ3n) is 1.81. The molecule has 15 heavy (non-hydrogen) atoms. The van der Waals surface area contributed by atoms with Gasteiger partial charge in [-0.1, -0.05) is 37.3 Å². The Morgan fingerprint density at radius 1 is 1.47 bits per heavy atom. The maximum absolute atomic E-state index is 11.1. The minimum absolute atomic E-state index is 0.394. The van der Waals surface area contributed by atoms with Gasteiger partial charge in [-0.05, 0) is 11.6 Å². The van der Waals surface area contributed by atoms with Crippen molar-refractivity contribution in [2.45, 2.75) is 19.6 Å². The number of aliphatic hydroxyl groups excluding tert-OH is 1. The molecule has 0 amide bonds. The number of esters is 1. The second-order valence-electron chi connectivity index (χ2n) is 3.04. The number of benzene rings is 1. The maximum atomic E-state index is 11.1. The van der Waals surface area contributed by atoms with Gasteiger partial charge in [-0.15, -0.1) is 0 Å². The van der Waals surface area contributed by atoms with Crippen LogP contribution in [0, 0.1) is 0 Å². The number of carbonyl (C=O) groups is 1. The van der Waals surface area contributed by atoms with Crippen LogP contribution in [0.5, 0.6) is 0 Å². The van der Waals surface area contributed by atoms with Gasteiger partial charge in [0, 0.05) is 12.5 Å². The Balaban J connectivity index is 2.48. The number of aliphatic hydroxyl groups is 1. The van der Waals surface area contributed by atoms with Crippen LogP contribution in [0.2, 0.25) is 0 Å². The SMILES string of the molecule is CCC(O)OC(=O)C=Cc1ccccc1. The van der Waals surface area contributed by atoms with E-state index >= 15 is 0 Å². The summed E-state index contributed by atoms with van der Waals surface area (Å²) in [5.41, 5.74) is 0.917. The molecule has 3 heteroatoms. The van der Waals surface area contributed by atoms with E-state index < -0.39 is 12.3 Å². The molecule has 1 N–H and O–H groups in total. The molecule has 0 bridgehead atoms. The van der Waals surface area contributed by atoms with E-state index in [0.717, 1.165) is 5.56 Å². The first-order chi connectivity index (χ1) is 7.22. The van der Waals surface area contributed by atoms with Crippen LogP contribution in [0.3, 0.4) is 0 Å². The standard InChI is InChI=1S/C12H14O3/c1-2-11(13)15-12(14)9-8-10-6-4-3-5-7-10/h3-9,11,13H,2H2,1H3. The van der Waals surface area contributed by atoms with Crippen molar-refractivity contribution in [2.75, 3.05) is 0 Å². The summed E-state index contributed by atoms with van der Waals surface area (Å²) in [5, 5.41) is 9.05. The molecule has 0 aromatic heterocycles. The van der Waals surface area contributed by atoms with Gasteiger partial charge in [0.1, 0.15) is 0 Å². The van der Waals surface area contributed by atoms with Gasteiger partial charge < -0.3 is 9.84 Å². The largest absolute Gasteiger partial charge is 0.433 e. The van der Waals surface area contributed by atoms with Crippen molar-refractivity contribution in [1.82, 2.24) is 0 Å². The van der Waals surface area contributed by atoms with Crippen LogP contribution < -0.4 is 0 Å². The molecule has 80 valence electrons. The molecule has 0 radical (unpaired) electrons. The van der Waals surface area contributed by atoms with Crippen LogP contribution >= 0.6 is 0 Å². The van der Waals surface area contributed by atoms with Crippen LogP contribution in [0.25, 0.3) is 6.08 Å². The Bertz CT molecular complexity index is 330. The number of hydrogen-bond acceptors (Lipinski definition) is 3. The first-order valence-corrected chi connectivity index (χ1v) is 4.84. The lowest BCUT2D eigenvalue weighted by Gasteiger charge is -2.06. The first-order valence-electron chi connectivity index (χ1n) is 4.84. The minimum Gasteiger partial charge on any atom is -0.433 e. The summed E-state index contributed by atoms with van der Waals surface area (Å²) in [6, 6.07) is 9.41. The third kappa shape index (κ3) is 4.42. The van der Waals surface area contributed by atoms with Crippen LogP contribution in [0.15, 0.2) is 36.4 Å². The van der Waals surface area contributed by atoms with Gasteiger partial charge in [-0.25, -0.2) is 4.79 Å². The Labute approximate surface area is 89.0 Å². The van der Waals surface area contributed by atoms with Gasteiger partial charge in [-0.2, -0.15) is 0 Å². The summed E-state index contributed by atoms with van der Waals surface area (Å²) >= 11 is 0. The van der Waals surface area contributed by atoms with Crippen molar-refractivity contribution >= 4 is 12.0 Å². The fraction of sp³-hybridized carbons (Fsp3) is 0.250. The average Bonchev–Trinajstić information content (AvgIpc) is 2.27. The fourth-order valence-electron chi connectivity index (χ4n) is 0.985. The molecule has 0 saturated carbocycles. The second kappa shape index (κ2) is 5.98. The first kappa shape index (κ1) is 11.5. The van der Waals surface area contributed by atoms with E-state index in [1.807, 2.05) is 30.3 Å². The zero-order valence-corrected chi connectivity index (χ0v) is 8.59. The van der Waals surface area contributed by atoms with Gasteiger partial charge >= 0.3 is 5.97 Å². The van der Waals surface area contributed by atoms with Crippen molar-refractivity contribution in [3.05, 3.63) is 42.0 Å². The highest BCUT2D eigenvalue weighted by Gasteiger charge is 2.04. The van der Waals surface area contributed by atoms with Crippen molar-refractivity contribution in [3.8, 4) is 0 Å². The van der Waals surface area contributed by atoms with E-state index in [-0.39, 0.29) is 0 Å². The number of hydrogen-bond donors (Lipinski definition) is 1. The quantitative estimate of drug-likeness (QED) is 0.465. The molecule has 1 aromatic carbocycles. The predicted octanol–water partition coefficient (Wildman–Crippen LogP) is 1.97. The molecule has 0 heterocycles. The van der Waals surface area contributed by atoms with Gasteiger partial charge in [0.2, 0.25) is 6.29 Å². The van der Waals surface area contributed by atoms with Gasteiger partial charge in [0.25, 0.3) is 0 Å². The van der Waals surface area contributed by atoms with Crippen LogP contribution in [-0.4, -0.2) is 17.4 Å². The summed E-state index contributed by atoms with van der Waals surface area (Å²) < 4.78 is 4.65. The summed E-state index contributed by atoms with van der Waals surface area (Å²) in [6.07, 6.45) is 2.32. The molecule has 0 aliphatic heterocycles. The molecule has 3 nitrogen and oxygen atoms in total. The molecule has 1 unspecified atom stereocenters. The highest BCUT2D eigenvalue weighted by atomic mass is 16.6. The highest BCUT2D eigenvalue weighted by Crippen LogP contribution is 2.02. The Kier molecular flexibility index (Phi) is 4.57. The third-order valence-corrected chi connectivity index (χ3v) is 1.81. The van der Waals surface area contributed by atoms with Crippen LogP contribution in [0.4, 0.5) is 0 Å². The van der Waals surface area contributed by atoms with Crippen molar-refractivity contribution < 1.29 is 14.6 Å². The average molecular weight is 206 g/mol. The molecule has 1 atom stereocenters. The van der Waals surface area contributed by atoms with E-state index in [1.165, 1.54) is 6.08 Å². The minimum atomic E-state index is -1.02. The second-order valence-corrected chi connectivity index (χ2v) is 3.04. The van der Waals surface area contributed by atoms with Gasteiger partial charge in [0.15, 0.2) is 0 Å². The Hall–Kier alpha value is -1.61. The smallest absolute Gasteiger partial charge is 0.333 e. The van der Waals surface area contributed by atoms with E-state index in [2.05, 4.69) is 4.74 Å². The molecular formula is C12H14O3. The number of ether oxygens (including phenoxy) is 1. The zero-order valence-electron chi connectivity index (χ0n) is 8.59. The summed E-state index contributed by atoms with van der Waals surface area (Å²) in [7, 11) is 0. The zero-order chi connectivity index (χ0) is 11.1. The van der Waals surface area contributed by atoms with E-state index in [9.17, 15) is 4.79 Å². The molecular weight excluding hydrogens is 192 g/mol. The predicted molar refractivity (Wildman–Crippen MR) is 57.9 cm³/mol. The summed E-state index contributed by atoms with van der Waals surface area (Å²) in [6.45, 7) is 1.73. The summed E-state index contributed by atoms with van der Waals surface area (Å²) in [5.74, 6) is -0.534. The monoisotopic (exact) mass is 206 g/mol. The van der Waals surface area contributed by atoms with E-state index in [4.69, 9.17) is 5.11 Å². The van der Waals surface area contributed by atoms with Crippen molar-refractivity contribution in [1.29, 1.82) is 0 Å². The van der Waals surface area contributed by atoms with E-state index in [1.54, 1.807) is 13.0 Å². The topological polar surface area (TPSA) is 46.5 Å². The molecule has 0 saturated heterocycles. The lowest BCUT2D eigenvalue weighted by atomic mass is 10.2. The molecule has 0 aliphatic rings. The van der Waals surface area contributed by atoms with Crippen molar-refractivity contribution in [3.63, 3.8) is 0 Å². The van der Waals surface area contributed by atoms with E-state index in [0.29, 0.717) is 6.42 Å². The number of rotatable bonds is 4. The maximum Gasteiger partial charge on any atom is 0.333 e. The van der Waals surface area contributed by atoms with Crippen LogP contribution in [-0.2, 0) is 9.53 Å². The van der Waals surface area contributed by atoms with Gasteiger partial charge in [0.05, 0.1) is 0 Å². The summed E-state index contributed by atoms with van der Waals surface area (Å²) in [4.78, 5) is 11.1. The number of carbonyl (C=O) groups excluding carboxylic acids is 1. The normalized spacial score (nSPS) is 12.7. The Morgan fingerprint density at radius 2 is 2.13 bits per heavy atom. The highest BCUT2D eigenvalue weighted by molar-refractivity contribution is 5.87. The van der Waals surface area contributed by atoms with Crippen LogP contribution in [0.1, 0.15) is 18.9 Å². The fourth-order valence-corrected chi connectivity index (χ4v) is 0.985. The molecule has 0 spiro atoms. The molecule has 1 aromatic rings. The molecule has 0 aliphatic carbocycles.